The van der Waals surface area contributed by atoms with Gasteiger partial charge in [0.1, 0.15) is 22.8 Å². The number of phenols is 1. The van der Waals surface area contributed by atoms with Gasteiger partial charge in [-0.05, 0) is 56.5 Å². The molecule has 5 rings (SSSR count). The quantitative estimate of drug-likeness (QED) is 0.286. The van der Waals surface area contributed by atoms with Crippen LogP contribution in [0.2, 0.25) is 5.02 Å². The average molecular weight is 548 g/mol. The highest BCUT2D eigenvalue weighted by atomic mass is 35.5. The molecule has 12 heteroatoms. The van der Waals surface area contributed by atoms with E-state index in [2.05, 4.69) is 5.32 Å². The average Bonchev–Trinajstić information content (AvgIpc) is 3.36. The largest absolute Gasteiger partial charge is 0.510 e. The molecule has 1 aliphatic heterocycles. The van der Waals surface area contributed by atoms with Gasteiger partial charge in [-0.3, -0.25) is 19.3 Å². The first-order valence-electron chi connectivity index (χ1n) is 12.4. The number of ketones is 2. The molecule has 1 fully saturated rings. The van der Waals surface area contributed by atoms with E-state index in [4.69, 9.17) is 22.1 Å². The lowest BCUT2D eigenvalue weighted by atomic mass is 9.58. The molecule has 1 aromatic rings. The third-order valence-corrected chi connectivity index (χ3v) is 8.71. The van der Waals surface area contributed by atoms with E-state index in [0.29, 0.717) is 35.9 Å². The number of nitrogens with zero attached hydrogens (tertiary/aromatic N) is 1. The van der Waals surface area contributed by atoms with Crippen molar-refractivity contribution in [1.82, 2.24) is 10.2 Å². The van der Waals surface area contributed by atoms with Crippen LogP contribution < -0.4 is 11.1 Å². The van der Waals surface area contributed by atoms with Crippen LogP contribution in [0, 0.1) is 11.8 Å². The number of hydrogen-bond donors (Lipinski definition) is 6. The van der Waals surface area contributed by atoms with Gasteiger partial charge in [0.05, 0.1) is 18.2 Å². The summed E-state index contributed by atoms with van der Waals surface area (Å²) in [5.41, 5.74) is 2.51. The second-order valence-electron chi connectivity index (χ2n) is 10.6. The number of nitrogens with one attached hydrogen (secondary N) is 1. The first-order valence-corrected chi connectivity index (χ1v) is 12.8. The molecule has 1 amide bonds. The van der Waals surface area contributed by atoms with Crippen molar-refractivity contribution in [2.24, 2.45) is 17.6 Å². The molecule has 1 aromatic carbocycles. The highest BCUT2D eigenvalue weighted by molar-refractivity contribution is 6.33. The zero-order valence-corrected chi connectivity index (χ0v) is 21.7. The van der Waals surface area contributed by atoms with Crippen molar-refractivity contribution in [1.29, 1.82) is 0 Å². The van der Waals surface area contributed by atoms with Crippen molar-refractivity contribution in [3.8, 4) is 5.75 Å². The predicted octanol–water partition coefficient (Wildman–Crippen LogP) is 0.653. The van der Waals surface area contributed by atoms with Gasteiger partial charge >= 0.3 is 0 Å². The number of benzene rings is 1. The van der Waals surface area contributed by atoms with Crippen LogP contribution in [0.15, 0.2) is 28.7 Å². The first-order chi connectivity index (χ1) is 17.9. The number of phenolic OH excluding ortho intramolecular Hbond substituents is 1. The Bertz CT molecular complexity index is 1320. The number of likely N-dealkylation sites (N-methyl/N-ethyl adjacent to an activating group) is 1. The number of aromatic hydroxyl groups is 1. The summed E-state index contributed by atoms with van der Waals surface area (Å²) in [6.07, 6.45) is 0.989. The summed E-state index contributed by atoms with van der Waals surface area (Å²) in [4.78, 5) is 40.5. The molecule has 204 valence electrons. The van der Waals surface area contributed by atoms with Crippen LogP contribution in [0.25, 0.3) is 0 Å². The molecule has 0 saturated carbocycles. The van der Waals surface area contributed by atoms with Crippen LogP contribution >= 0.6 is 11.6 Å². The van der Waals surface area contributed by atoms with Crippen LogP contribution in [0.3, 0.4) is 0 Å². The number of fused-ring (bicyclic) bond motifs is 3. The molecule has 5 atom stereocenters. The molecule has 3 aliphatic carbocycles. The number of carbonyl (C=O) groups excluding carboxylic acids is 3. The summed E-state index contributed by atoms with van der Waals surface area (Å²) in [6.45, 7) is 1.57. The first kappa shape index (κ1) is 26.6. The van der Waals surface area contributed by atoms with Gasteiger partial charge in [-0.2, -0.15) is 0 Å². The van der Waals surface area contributed by atoms with E-state index in [-0.39, 0.29) is 35.8 Å². The van der Waals surface area contributed by atoms with Crippen LogP contribution in [-0.2, 0) is 27.3 Å². The molecule has 11 nitrogen and oxygen atoms in total. The number of nitrogens with two attached hydrogens (primary N) is 1. The summed E-state index contributed by atoms with van der Waals surface area (Å²) in [5, 5.41) is 48.2. The number of aliphatic hydroxyl groups is 3. The number of halogens is 1. The third kappa shape index (κ3) is 3.76. The van der Waals surface area contributed by atoms with E-state index >= 15 is 0 Å². The van der Waals surface area contributed by atoms with E-state index in [1.165, 1.54) is 11.0 Å². The van der Waals surface area contributed by atoms with Crippen molar-refractivity contribution in [3.63, 3.8) is 0 Å². The number of ether oxygens (including phenoxy) is 1. The zero-order valence-electron chi connectivity index (χ0n) is 21.0. The minimum atomic E-state index is -2.67. The highest BCUT2D eigenvalue weighted by Gasteiger charge is 2.63. The second kappa shape index (κ2) is 9.35. The molecule has 1 heterocycles. The summed E-state index contributed by atoms with van der Waals surface area (Å²) < 4.78 is 5.37. The molecule has 1 unspecified atom stereocenters. The lowest BCUT2D eigenvalue weighted by molar-refractivity contribution is -0.148. The molecule has 7 N–H and O–H groups in total. The van der Waals surface area contributed by atoms with Crippen molar-refractivity contribution < 1.29 is 39.5 Å². The van der Waals surface area contributed by atoms with Crippen LogP contribution in [0.5, 0.6) is 5.75 Å². The van der Waals surface area contributed by atoms with Gasteiger partial charge < -0.3 is 36.2 Å². The molecular formula is C26H30ClN3O8. The van der Waals surface area contributed by atoms with E-state index < -0.39 is 58.0 Å². The van der Waals surface area contributed by atoms with Gasteiger partial charge in [0.25, 0.3) is 5.91 Å². The number of Topliss-reactive ketones (excluding diaryl/α,β-unsaturated/α-hetero) is 2. The minimum Gasteiger partial charge on any atom is -0.510 e. The number of allylic oxidation sites excluding steroid dienone is 1. The van der Waals surface area contributed by atoms with Gasteiger partial charge in [0, 0.05) is 35.7 Å². The van der Waals surface area contributed by atoms with E-state index in [0.717, 1.165) is 6.42 Å². The SMILES string of the molecule is CN(C)[C@@H]1C(O)=C(C(N)=O)C(=O)[C@@]2(O)C(O)=C3C(=O)c4c(O)cc(CNC5CCOC5)c(Cl)c4C[C@H]3C[C@@H]12. The maximum absolute atomic E-state index is 13.7. The third-order valence-electron chi connectivity index (χ3n) is 8.24. The van der Waals surface area contributed by atoms with Gasteiger partial charge in [0.15, 0.2) is 11.4 Å². The highest BCUT2D eigenvalue weighted by Crippen LogP contribution is 2.53. The zero-order chi connectivity index (χ0) is 27.7. The molecule has 4 aliphatic rings. The topological polar surface area (TPSA) is 183 Å². The lowest BCUT2D eigenvalue weighted by Gasteiger charge is -2.50. The van der Waals surface area contributed by atoms with Crippen molar-refractivity contribution in [2.75, 3.05) is 27.3 Å². The number of rotatable bonds is 5. The Morgan fingerprint density at radius 2 is 2.00 bits per heavy atom. The van der Waals surface area contributed by atoms with Gasteiger partial charge in [-0.15, -0.1) is 0 Å². The Balaban J connectivity index is 1.60. The predicted molar refractivity (Wildman–Crippen MR) is 135 cm³/mol. The molecule has 0 spiro atoms. The van der Waals surface area contributed by atoms with Gasteiger partial charge in [0.2, 0.25) is 5.78 Å². The van der Waals surface area contributed by atoms with E-state index in [1.807, 2.05) is 0 Å². The molecule has 0 aromatic heterocycles. The Morgan fingerprint density at radius 3 is 2.61 bits per heavy atom. The Labute approximate surface area is 223 Å². The molecule has 38 heavy (non-hydrogen) atoms. The summed E-state index contributed by atoms with van der Waals surface area (Å²) in [5.74, 6) is -6.91. The number of primary amides is 1. The minimum absolute atomic E-state index is 0.00471. The summed E-state index contributed by atoms with van der Waals surface area (Å²) in [6, 6.07) is 0.486. The van der Waals surface area contributed by atoms with E-state index in [1.54, 1.807) is 14.1 Å². The maximum Gasteiger partial charge on any atom is 0.255 e. The molecular weight excluding hydrogens is 518 g/mol. The fraction of sp³-hybridized carbons (Fsp3) is 0.500. The van der Waals surface area contributed by atoms with Gasteiger partial charge in [-0.1, -0.05) is 11.6 Å². The van der Waals surface area contributed by atoms with Gasteiger partial charge in [-0.25, -0.2) is 0 Å². The maximum atomic E-state index is 13.7. The summed E-state index contributed by atoms with van der Waals surface area (Å²) in [7, 11) is 3.16. The fourth-order valence-corrected chi connectivity index (χ4v) is 6.73. The fourth-order valence-electron chi connectivity index (χ4n) is 6.43. The van der Waals surface area contributed by atoms with Crippen LogP contribution in [0.1, 0.15) is 34.3 Å². The molecule has 0 bridgehead atoms. The number of hydrogen-bond acceptors (Lipinski definition) is 10. The Morgan fingerprint density at radius 1 is 1.29 bits per heavy atom. The van der Waals surface area contributed by atoms with Crippen LogP contribution in [0.4, 0.5) is 0 Å². The normalized spacial score (nSPS) is 31.0. The Hall–Kier alpha value is -2.96. The second-order valence-corrected chi connectivity index (χ2v) is 11.0. The lowest BCUT2D eigenvalue weighted by Crippen LogP contribution is -2.63. The number of aliphatic hydroxyl groups excluding tert-OH is 2. The monoisotopic (exact) mass is 547 g/mol. The standard InChI is InChI=1S/C26H30ClN3O8/c1-30(2)20-14-6-10-5-13-17(15(31)7-11(19(13)27)8-29-12-3-4-38-9-12)21(32)16(10)23(34)26(14,37)24(35)18(22(20)33)25(28)36/h7,10,12,14,20,29,31,33-34,37H,3-6,8-9H2,1-2H3,(H2,28,36)/t10-,12?,14-,20-,26-/m0/s1. The van der Waals surface area contributed by atoms with E-state index in [9.17, 15) is 34.8 Å². The van der Waals surface area contributed by atoms with Crippen molar-refractivity contribution in [2.45, 2.75) is 43.5 Å². The summed E-state index contributed by atoms with van der Waals surface area (Å²) >= 11 is 6.74. The van der Waals surface area contributed by atoms with Crippen molar-refractivity contribution >= 4 is 29.1 Å². The molecule has 1 saturated heterocycles. The van der Waals surface area contributed by atoms with Crippen LogP contribution in [-0.4, -0.2) is 87.8 Å². The number of carbonyl (C=O) groups is 3. The smallest absolute Gasteiger partial charge is 0.255 e. The van der Waals surface area contributed by atoms with Crippen molar-refractivity contribution in [3.05, 3.63) is 50.4 Å². The Kier molecular flexibility index (Phi) is 6.56. The molecule has 0 radical (unpaired) electrons. The number of amides is 1.